The number of hydrogen-bond acceptors (Lipinski definition) is 3. The summed E-state index contributed by atoms with van der Waals surface area (Å²) in [5, 5.41) is 10.8. The summed E-state index contributed by atoms with van der Waals surface area (Å²) in [5.41, 5.74) is 9.36. The molecule has 0 radical (unpaired) electrons. The summed E-state index contributed by atoms with van der Waals surface area (Å²) in [6.07, 6.45) is 1.92. The molecule has 152 valence electrons. The second-order valence-corrected chi connectivity index (χ2v) is 7.98. The largest absolute Gasteiger partial charge is 0.280 e. The van der Waals surface area contributed by atoms with Gasteiger partial charge in [-0.05, 0) is 71.4 Å². The number of nitrogens with zero attached hydrogens (tertiary/aromatic N) is 4. The van der Waals surface area contributed by atoms with Gasteiger partial charge in [0.1, 0.15) is 0 Å². The van der Waals surface area contributed by atoms with Gasteiger partial charge in [0.25, 0.3) is 5.91 Å². The predicted molar refractivity (Wildman–Crippen MR) is 122 cm³/mol. The van der Waals surface area contributed by atoms with Gasteiger partial charge in [-0.2, -0.15) is 15.2 Å². The van der Waals surface area contributed by atoms with Crippen molar-refractivity contribution in [1.82, 2.24) is 9.78 Å². The summed E-state index contributed by atoms with van der Waals surface area (Å²) >= 11 is 0. The summed E-state index contributed by atoms with van der Waals surface area (Å²) in [6, 6.07) is 14.3. The summed E-state index contributed by atoms with van der Waals surface area (Å²) in [4.78, 5) is 13.2. The van der Waals surface area contributed by atoms with Crippen LogP contribution in [0.5, 0.6) is 0 Å². The number of benzene rings is 2. The van der Waals surface area contributed by atoms with Crippen molar-refractivity contribution in [3.8, 4) is 5.69 Å². The van der Waals surface area contributed by atoms with Crippen LogP contribution in [-0.4, -0.2) is 21.4 Å². The zero-order chi connectivity index (χ0) is 21.6. The SMILES string of the molecule is CC1=NN(c2ccc(C)cc2C)C(=O)/C1=C/c1c(C)nn(-c2ccc(C)cc2)c1C. The van der Waals surface area contributed by atoms with E-state index in [1.54, 1.807) is 0 Å². The Kier molecular flexibility index (Phi) is 4.90. The van der Waals surface area contributed by atoms with Gasteiger partial charge in [0.05, 0.1) is 28.4 Å². The third-order valence-corrected chi connectivity index (χ3v) is 5.56. The molecule has 0 unspecified atom stereocenters. The van der Waals surface area contributed by atoms with E-state index in [0.29, 0.717) is 11.3 Å². The maximum absolute atomic E-state index is 13.2. The second-order valence-electron chi connectivity index (χ2n) is 7.98. The van der Waals surface area contributed by atoms with Gasteiger partial charge in [-0.15, -0.1) is 0 Å². The minimum absolute atomic E-state index is 0.110. The van der Waals surface area contributed by atoms with Crippen molar-refractivity contribution in [2.24, 2.45) is 5.10 Å². The molecule has 4 rings (SSSR count). The molecule has 30 heavy (non-hydrogen) atoms. The lowest BCUT2D eigenvalue weighted by molar-refractivity contribution is -0.114. The van der Waals surface area contributed by atoms with Crippen LogP contribution < -0.4 is 5.01 Å². The number of rotatable bonds is 3. The molecule has 0 saturated carbocycles. The van der Waals surface area contributed by atoms with E-state index in [1.165, 1.54) is 10.6 Å². The minimum atomic E-state index is -0.110. The van der Waals surface area contributed by atoms with Crippen molar-refractivity contribution in [1.29, 1.82) is 0 Å². The van der Waals surface area contributed by atoms with Crippen molar-refractivity contribution >= 4 is 23.4 Å². The Labute approximate surface area is 177 Å². The van der Waals surface area contributed by atoms with Gasteiger partial charge in [0.15, 0.2) is 0 Å². The van der Waals surface area contributed by atoms with Crippen LogP contribution >= 0.6 is 0 Å². The average Bonchev–Trinajstić information content (AvgIpc) is 3.13. The van der Waals surface area contributed by atoms with Crippen molar-refractivity contribution in [2.45, 2.75) is 41.5 Å². The second kappa shape index (κ2) is 7.41. The van der Waals surface area contributed by atoms with E-state index in [4.69, 9.17) is 5.10 Å². The van der Waals surface area contributed by atoms with E-state index in [2.05, 4.69) is 42.4 Å². The van der Waals surface area contributed by atoms with Gasteiger partial charge in [-0.1, -0.05) is 35.4 Å². The number of amides is 1. The number of hydrogen-bond donors (Lipinski definition) is 0. The molecular formula is C25H26N4O. The molecule has 1 aliphatic rings. The Morgan fingerprint density at radius 2 is 1.53 bits per heavy atom. The number of aromatic nitrogens is 2. The number of anilines is 1. The van der Waals surface area contributed by atoms with E-state index in [0.717, 1.165) is 39.5 Å². The van der Waals surface area contributed by atoms with E-state index in [9.17, 15) is 4.79 Å². The van der Waals surface area contributed by atoms with Gasteiger partial charge in [0, 0.05) is 11.3 Å². The Morgan fingerprint density at radius 1 is 0.867 bits per heavy atom. The fraction of sp³-hybridized carbons (Fsp3) is 0.240. The van der Waals surface area contributed by atoms with Crippen molar-refractivity contribution in [3.63, 3.8) is 0 Å². The summed E-state index contributed by atoms with van der Waals surface area (Å²) in [5.74, 6) is -0.110. The standard InChI is InChI=1S/C25H26N4O/c1-15-7-10-21(11-8-15)28-20(6)22(18(4)26-28)14-23-19(5)27-29(25(23)30)24-12-9-16(2)13-17(24)3/h7-14H,1-6H3/b23-14+. The van der Waals surface area contributed by atoms with E-state index < -0.39 is 0 Å². The topological polar surface area (TPSA) is 50.5 Å². The highest BCUT2D eigenvalue weighted by Crippen LogP contribution is 2.29. The first kappa shape index (κ1) is 19.8. The fourth-order valence-corrected chi connectivity index (χ4v) is 3.84. The van der Waals surface area contributed by atoms with Crippen LogP contribution in [0.2, 0.25) is 0 Å². The zero-order valence-electron chi connectivity index (χ0n) is 18.3. The fourth-order valence-electron chi connectivity index (χ4n) is 3.84. The highest BCUT2D eigenvalue weighted by atomic mass is 16.2. The van der Waals surface area contributed by atoms with E-state index in [-0.39, 0.29) is 5.91 Å². The first-order valence-electron chi connectivity index (χ1n) is 10.1. The van der Waals surface area contributed by atoms with Gasteiger partial charge in [0.2, 0.25) is 0 Å². The molecule has 0 aliphatic carbocycles. The molecule has 0 bridgehead atoms. The molecule has 0 fully saturated rings. The van der Waals surface area contributed by atoms with Gasteiger partial charge in [-0.25, -0.2) is 4.68 Å². The van der Waals surface area contributed by atoms with Crippen LogP contribution in [0.3, 0.4) is 0 Å². The monoisotopic (exact) mass is 398 g/mol. The number of carbonyl (C=O) groups excluding carboxylic acids is 1. The third kappa shape index (κ3) is 3.36. The van der Waals surface area contributed by atoms with E-state index in [1.807, 2.05) is 57.5 Å². The Hall–Kier alpha value is -3.47. The van der Waals surface area contributed by atoms with Crippen LogP contribution in [0.25, 0.3) is 11.8 Å². The minimum Gasteiger partial charge on any atom is -0.267 e. The quantitative estimate of drug-likeness (QED) is 0.568. The molecule has 2 aromatic carbocycles. The molecule has 1 amide bonds. The Balaban J connectivity index is 1.73. The lowest BCUT2D eigenvalue weighted by Gasteiger charge is -2.15. The summed E-state index contributed by atoms with van der Waals surface area (Å²) in [6.45, 7) is 12.0. The van der Waals surface area contributed by atoms with Crippen LogP contribution in [0, 0.1) is 34.6 Å². The molecule has 1 aromatic heterocycles. The Morgan fingerprint density at radius 3 is 2.20 bits per heavy atom. The molecule has 2 heterocycles. The lowest BCUT2D eigenvalue weighted by Crippen LogP contribution is -2.22. The molecule has 5 nitrogen and oxygen atoms in total. The van der Waals surface area contributed by atoms with Crippen LogP contribution in [0.1, 0.15) is 40.6 Å². The van der Waals surface area contributed by atoms with E-state index >= 15 is 0 Å². The number of hydrazone groups is 1. The Bertz CT molecular complexity index is 1210. The summed E-state index contributed by atoms with van der Waals surface area (Å²) < 4.78 is 1.93. The number of carbonyl (C=O) groups is 1. The molecule has 1 aliphatic heterocycles. The average molecular weight is 399 g/mol. The predicted octanol–water partition coefficient (Wildman–Crippen LogP) is 5.22. The van der Waals surface area contributed by atoms with Gasteiger partial charge in [-0.3, -0.25) is 4.79 Å². The third-order valence-electron chi connectivity index (χ3n) is 5.56. The molecular weight excluding hydrogens is 372 g/mol. The smallest absolute Gasteiger partial charge is 0.267 e. The van der Waals surface area contributed by atoms with Crippen LogP contribution in [0.15, 0.2) is 53.1 Å². The first-order chi connectivity index (χ1) is 14.3. The van der Waals surface area contributed by atoms with Crippen molar-refractivity contribution in [2.75, 3.05) is 5.01 Å². The molecule has 0 spiro atoms. The molecule has 0 atom stereocenters. The normalized spacial score (nSPS) is 15.3. The molecule has 0 N–H and O–H groups in total. The lowest BCUT2D eigenvalue weighted by atomic mass is 10.1. The van der Waals surface area contributed by atoms with Gasteiger partial charge >= 0.3 is 0 Å². The van der Waals surface area contributed by atoms with Crippen molar-refractivity contribution < 1.29 is 4.79 Å². The van der Waals surface area contributed by atoms with Crippen molar-refractivity contribution in [3.05, 3.63) is 81.7 Å². The van der Waals surface area contributed by atoms with Crippen LogP contribution in [0.4, 0.5) is 5.69 Å². The molecule has 0 saturated heterocycles. The van der Waals surface area contributed by atoms with Crippen LogP contribution in [-0.2, 0) is 4.79 Å². The maximum atomic E-state index is 13.2. The molecule has 3 aromatic rings. The zero-order valence-corrected chi connectivity index (χ0v) is 18.3. The maximum Gasteiger partial charge on any atom is 0.280 e. The molecule has 5 heteroatoms. The first-order valence-corrected chi connectivity index (χ1v) is 10.1. The highest BCUT2D eigenvalue weighted by Gasteiger charge is 2.30. The van der Waals surface area contributed by atoms with Gasteiger partial charge < -0.3 is 0 Å². The summed E-state index contributed by atoms with van der Waals surface area (Å²) in [7, 11) is 0. The highest BCUT2D eigenvalue weighted by molar-refractivity contribution is 6.32. The number of aryl methyl sites for hydroxylation is 4.